The van der Waals surface area contributed by atoms with Crippen molar-refractivity contribution in [1.82, 2.24) is 4.98 Å². The first-order valence-electron chi connectivity index (χ1n) is 8.51. The van der Waals surface area contributed by atoms with Crippen LogP contribution in [0.5, 0.6) is 0 Å². The number of benzene rings is 2. The van der Waals surface area contributed by atoms with Gasteiger partial charge >= 0.3 is 11.8 Å². The predicted octanol–water partition coefficient (Wildman–Crippen LogP) is 2.41. The molecule has 4 rings (SSSR count). The standard InChI is InChI=1S/C18H16N4O4S2/c23-16(17(24)21-18-20-14-4-1-2-5-15(14)27-18)19-12-6-8-13(9-7-12)22-10-3-11-28(22,25)26/h1-2,4-9H,3,10-11H2,(H,19,23)(H,20,21,24). The van der Waals surface area contributed by atoms with E-state index in [0.717, 1.165) is 10.2 Å². The number of nitrogens with zero attached hydrogens (tertiary/aromatic N) is 2. The molecule has 0 aliphatic carbocycles. The monoisotopic (exact) mass is 416 g/mol. The zero-order chi connectivity index (χ0) is 19.7. The van der Waals surface area contributed by atoms with Crippen molar-refractivity contribution in [3.05, 3.63) is 48.5 Å². The molecule has 2 aromatic carbocycles. The van der Waals surface area contributed by atoms with Crippen molar-refractivity contribution in [2.24, 2.45) is 0 Å². The molecular weight excluding hydrogens is 400 g/mol. The Kier molecular flexibility index (Phi) is 4.73. The van der Waals surface area contributed by atoms with E-state index in [1.54, 1.807) is 24.3 Å². The lowest BCUT2D eigenvalue weighted by molar-refractivity contribution is -0.132. The third kappa shape index (κ3) is 3.69. The van der Waals surface area contributed by atoms with E-state index in [0.29, 0.717) is 29.5 Å². The summed E-state index contributed by atoms with van der Waals surface area (Å²) in [4.78, 5) is 28.5. The third-order valence-corrected chi connectivity index (χ3v) is 7.05. The van der Waals surface area contributed by atoms with Gasteiger partial charge in [-0.05, 0) is 42.8 Å². The average molecular weight is 416 g/mol. The van der Waals surface area contributed by atoms with Crippen LogP contribution < -0.4 is 14.9 Å². The van der Waals surface area contributed by atoms with Crippen molar-refractivity contribution in [3.8, 4) is 0 Å². The van der Waals surface area contributed by atoms with E-state index >= 15 is 0 Å². The lowest BCUT2D eigenvalue weighted by Crippen LogP contribution is -2.29. The fourth-order valence-corrected chi connectivity index (χ4v) is 5.33. The van der Waals surface area contributed by atoms with Crippen molar-refractivity contribution in [1.29, 1.82) is 0 Å². The van der Waals surface area contributed by atoms with E-state index in [1.165, 1.54) is 15.6 Å². The second kappa shape index (κ2) is 7.21. The predicted molar refractivity (Wildman–Crippen MR) is 109 cm³/mol. The van der Waals surface area contributed by atoms with Gasteiger partial charge in [-0.15, -0.1) is 0 Å². The number of hydrogen-bond acceptors (Lipinski definition) is 6. The maximum Gasteiger partial charge on any atom is 0.315 e. The molecule has 1 aromatic heterocycles. The van der Waals surface area contributed by atoms with Gasteiger partial charge in [-0.25, -0.2) is 13.4 Å². The van der Waals surface area contributed by atoms with E-state index in [-0.39, 0.29) is 5.75 Å². The maximum absolute atomic E-state index is 12.1. The van der Waals surface area contributed by atoms with E-state index in [4.69, 9.17) is 0 Å². The summed E-state index contributed by atoms with van der Waals surface area (Å²) in [6.07, 6.45) is 0.590. The molecule has 2 heterocycles. The summed E-state index contributed by atoms with van der Waals surface area (Å²) in [6, 6.07) is 13.7. The molecule has 2 N–H and O–H groups in total. The largest absolute Gasteiger partial charge is 0.318 e. The minimum Gasteiger partial charge on any atom is -0.318 e. The Morgan fingerprint density at radius 1 is 1.00 bits per heavy atom. The molecule has 0 unspecified atom stereocenters. The molecule has 0 saturated carbocycles. The number of carbonyl (C=O) groups is 2. The van der Waals surface area contributed by atoms with Gasteiger partial charge in [0.05, 0.1) is 21.7 Å². The van der Waals surface area contributed by atoms with Gasteiger partial charge in [0, 0.05) is 12.2 Å². The van der Waals surface area contributed by atoms with Gasteiger partial charge in [-0.3, -0.25) is 19.2 Å². The summed E-state index contributed by atoms with van der Waals surface area (Å²) in [5.41, 5.74) is 1.68. The lowest BCUT2D eigenvalue weighted by atomic mass is 10.2. The Bertz CT molecular complexity index is 1120. The van der Waals surface area contributed by atoms with Gasteiger partial charge in [0.2, 0.25) is 10.0 Å². The highest BCUT2D eigenvalue weighted by atomic mass is 32.2. The summed E-state index contributed by atoms with van der Waals surface area (Å²) in [7, 11) is -3.26. The molecule has 0 bridgehead atoms. The van der Waals surface area contributed by atoms with Gasteiger partial charge in [0.1, 0.15) is 0 Å². The highest BCUT2D eigenvalue weighted by molar-refractivity contribution is 7.93. The zero-order valence-electron chi connectivity index (χ0n) is 14.6. The Morgan fingerprint density at radius 2 is 1.71 bits per heavy atom. The maximum atomic E-state index is 12.1. The molecule has 0 spiro atoms. The average Bonchev–Trinajstić information content (AvgIpc) is 3.24. The molecule has 3 aromatic rings. The number of sulfonamides is 1. The van der Waals surface area contributed by atoms with Crippen molar-refractivity contribution in [2.45, 2.75) is 6.42 Å². The summed E-state index contributed by atoms with van der Waals surface area (Å²) in [6.45, 7) is 0.443. The molecule has 8 nitrogen and oxygen atoms in total. The van der Waals surface area contributed by atoms with Crippen LogP contribution >= 0.6 is 11.3 Å². The Hall–Kier alpha value is -2.98. The van der Waals surface area contributed by atoms with Crippen LogP contribution in [0.4, 0.5) is 16.5 Å². The Balaban J connectivity index is 1.40. The molecule has 1 fully saturated rings. The van der Waals surface area contributed by atoms with Crippen LogP contribution in [0.2, 0.25) is 0 Å². The zero-order valence-corrected chi connectivity index (χ0v) is 16.2. The lowest BCUT2D eigenvalue weighted by Gasteiger charge is -2.17. The number of nitrogens with one attached hydrogen (secondary N) is 2. The van der Waals surface area contributed by atoms with E-state index in [2.05, 4.69) is 15.6 Å². The molecule has 1 aliphatic rings. The Labute approximate surface area is 165 Å². The van der Waals surface area contributed by atoms with Crippen molar-refractivity contribution in [3.63, 3.8) is 0 Å². The minimum atomic E-state index is -3.26. The van der Waals surface area contributed by atoms with Gasteiger partial charge < -0.3 is 5.32 Å². The minimum absolute atomic E-state index is 0.136. The molecule has 10 heteroatoms. The van der Waals surface area contributed by atoms with Gasteiger partial charge in [0.25, 0.3) is 0 Å². The second-order valence-electron chi connectivity index (χ2n) is 6.18. The van der Waals surface area contributed by atoms with E-state index < -0.39 is 21.8 Å². The normalized spacial score (nSPS) is 15.5. The van der Waals surface area contributed by atoms with Crippen molar-refractivity contribution >= 4 is 59.9 Å². The quantitative estimate of drug-likeness (QED) is 0.638. The van der Waals surface area contributed by atoms with E-state index in [9.17, 15) is 18.0 Å². The molecule has 2 amide bonds. The summed E-state index contributed by atoms with van der Waals surface area (Å²) >= 11 is 1.28. The van der Waals surface area contributed by atoms with E-state index in [1.807, 2.05) is 24.3 Å². The summed E-state index contributed by atoms with van der Waals surface area (Å²) in [5, 5.41) is 5.32. The van der Waals surface area contributed by atoms with Crippen LogP contribution in [-0.4, -0.2) is 37.5 Å². The second-order valence-corrected chi connectivity index (χ2v) is 9.23. The van der Waals surface area contributed by atoms with Gasteiger partial charge in [-0.1, -0.05) is 23.5 Å². The fourth-order valence-electron chi connectivity index (χ4n) is 2.91. The number of carbonyl (C=O) groups excluding carboxylic acids is 2. The summed E-state index contributed by atoms with van der Waals surface area (Å²) < 4.78 is 26.2. The number of anilines is 3. The number of amides is 2. The number of fused-ring (bicyclic) bond motifs is 1. The highest BCUT2D eigenvalue weighted by Crippen LogP contribution is 2.26. The topological polar surface area (TPSA) is 108 Å². The van der Waals surface area contributed by atoms with Crippen LogP contribution in [0.25, 0.3) is 10.2 Å². The van der Waals surface area contributed by atoms with Gasteiger partial charge in [-0.2, -0.15) is 0 Å². The molecule has 28 heavy (non-hydrogen) atoms. The first-order valence-corrected chi connectivity index (χ1v) is 10.9. The SMILES string of the molecule is O=C(Nc1ccc(N2CCCS2(=O)=O)cc1)C(=O)Nc1nc2ccccc2s1. The molecule has 1 saturated heterocycles. The number of hydrogen-bond donors (Lipinski definition) is 2. The van der Waals surface area contributed by atoms with Crippen LogP contribution in [-0.2, 0) is 19.6 Å². The van der Waals surface area contributed by atoms with Crippen LogP contribution in [0.3, 0.4) is 0 Å². The molecular formula is C18H16N4O4S2. The third-order valence-electron chi connectivity index (χ3n) is 4.23. The molecule has 144 valence electrons. The summed E-state index contributed by atoms with van der Waals surface area (Å²) in [5.74, 6) is -1.52. The molecule has 1 aliphatic heterocycles. The van der Waals surface area contributed by atoms with Crippen LogP contribution in [0.15, 0.2) is 48.5 Å². The first-order chi connectivity index (χ1) is 13.4. The van der Waals surface area contributed by atoms with Crippen LogP contribution in [0, 0.1) is 0 Å². The highest BCUT2D eigenvalue weighted by Gasteiger charge is 2.28. The number of thiazole rings is 1. The number of para-hydroxylation sites is 1. The Morgan fingerprint density at radius 3 is 2.39 bits per heavy atom. The number of rotatable bonds is 3. The smallest absolute Gasteiger partial charge is 0.315 e. The molecule has 0 radical (unpaired) electrons. The van der Waals surface area contributed by atoms with Crippen LogP contribution in [0.1, 0.15) is 6.42 Å². The number of aromatic nitrogens is 1. The van der Waals surface area contributed by atoms with Gasteiger partial charge in [0.15, 0.2) is 5.13 Å². The van der Waals surface area contributed by atoms with Crippen molar-refractivity contribution in [2.75, 3.05) is 27.2 Å². The molecule has 0 atom stereocenters. The first kappa shape index (κ1) is 18.4. The van der Waals surface area contributed by atoms with Crippen molar-refractivity contribution < 1.29 is 18.0 Å². The fraction of sp³-hybridized carbons (Fsp3) is 0.167.